The van der Waals surface area contributed by atoms with Crippen LogP contribution in [0.5, 0.6) is 11.6 Å². The summed E-state index contributed by atoms with van der Waals surface area (Å²) < 4.78 is 16.8. The van der Waals surface area contributed by atoms with Gasteiger partial charge in [-0.2, -0.15) is 0 Å². The van der Waals surface area contributed by atoms with Crippen LogP contribution in [-0.4, -0.2) is 51.9 Å². The molecule has 0 aliphatic rings. The molecule has 0 radical (unpaired) electrons. The quantitative estimate of drug-likeness (QED) is 0.483. The Kier molecular flexibility index (Phi) is 5.12. The van der Waals surface area contributed by atoms with E-state index < -0.39 is 5.97 Å². The fraction of sp³-hybridized carbons (Fsp3) is 0.150. The molecular formula is C20H18N6O4. The number of carbonyl (C=O) groups excluding carboxylic acids is 1. The first-order valence-electron chi connectivity index (χ1n) is 8.88. The van der Waals surface area contributed by atoms with Crippen molar-refractivity contribution in [2.75, 3.05) is 26.6 Å². The van der Waals surface area contributed by atoms with Crippen molar-refractivity contribution in [1.82, 2.24) is 24.6 Å². The molecule has 30 heavy (non-hydrogen) atoms. The second kappa shape index (κ2) is 8.03. The number of pyridine rings is 2. The van der Waals surface area contributed by atoms with Crippen LogP contribution in [0, 0.1) is 0 Å². The zero-order valence-electron chi connectivity index (χ0n) is 16.5. The van der Waals surface area contributed by atoms with Crippen molar-refractivity contribution >= 4 is 23.3 Å². The molecule has 0 aliphatic heterocycles. The average molecular weight is 406 g/mol. The van der Waals surface area contributed by atoms with Gasteiger partial charge in [0.25, 0.3) is 5.88 Å². The zero-order chi connectivity index (χ0) is 21.1. The largest absolute Gasteiger partial charge is 0.491 e. The van der Waals surface area contributed by atoms with Crippen molar-refractivity contribution in [2.45, 2.75) is 0 Å². The van der Waals surface area contributed by atoms with Crippen LogP contribution in [0.1, 0.15) is 10.5 Å². The number of hydrogen-bond donors (Lipinski definition) is 1. The number of rotatable bonds is 6. The third-order valence-corrected chi connectivity index (χ3v) is 4.25. The van der Waals surface area contributed by atoms with Crippen LogP contribution in [0.3, 0.4) is 0 Å². The van der Waals surface area contributed by atoms with E-state index in [0.717, 1.165) is 5.56 Å². The molecule has 0 bridgehead atoms. The minimum absolute atomic E-state index is 0.202. The molecule has 4 aromatic heterocycles. The lowest BCUT2D eigenvalue weighted by Gasteiger charge is -2.08. The summed E-state index contributed by atoms with van der Waals surface area (Å²) in [5.41, 5.74) is 2.30. The molecule has 0 unspecified atom stereocenters. The maximum atomic E-state index is 11.7. The number of methoxy groups -OCH3 is 3. The highest BCUT2D eigenvalue weighted by Crippen LogP contribution is 2.29. The van der Waals surface area contributed by atoms with E-state index in [9.17, 15) is 4.79 Å². The third kappa shape index (κ3) is 3.70. The summed E-state index contributed by atoms with van der Waals surface area (Å²) in [5, 5.41) is 7.49. The van der Waals surface area contributed by atoms with Gasteiger partial charge in [0.1, 0.15) is 5.82 Å². The van der Waals surface area contributed by atoms with Gasteiger partial charge in [-0.1, -0.05) is 6.07 Å². The van der Waals surface area contributed by atoms with Crippen LogP contribution >= 0.6 is 0 Å². The summed E-state index contributed by atoms with van der Waals surface area (Å²) in [6, 6.07) is 10.4. The summed E-state index contributed by atoms with van der Waals surface area (Å²) in [6.45, 7) is 0. The minimum Gasteiger partial charge on any atom is -0.491 e. The minimum atomic E-state index is -0.511. The fourth-order valence-corrected chi connectivity index (χ4v) is 2.83. The van der Waals surface area contributed by atoms with Gasteiger partial charge in [0.2, 0.25) is 0 Å². The van der Waals surface area contributed by atoms with Crippen molar-refractivity contribution in [2.24, 2.45) is 0 Å². The number of nitrogens with one attached hydrogen (secondary N) is 1. The van der Waals surface area contributed by atoms with Gasteiger partial charge in [-0.3, -0.25) is 0 Å². The van der Waals surface area contributed by atoms with Gasteiger partial charge in [-0.15, -0.1) is 5.10 Å². The SMILES string of the molecule is COC(=O)c1cccc(Nc2cc3nc(-c4cnc(OC)c(OC)c4)ccn3n2)n1. The van der Waals surface area contributed by atoms with Gasteiger partial charge in [-0.25, -0.2) is 24.3 Å². The molecule has 0 atom stereocenters. The predicted octanol–water partition coefficient (Wildman–Crippen LogP) is 2.73. The molecule has 0 fully saturated rings. The third-order valence-electron chi connectivity index (χ3n) is 4.25. The second-order valence-corrected chi connectivity index (χ2v) is 6.11. The first-order valence-corrected chi connectivity index (χ1v) is 8.88. The van der Waals surface area contributed by atoms with Crippen LogP contribution in [-0.2, 0) is 4.74 Å². The number of ether oxygens (including phenoxy) is 3. The van der Waals surface area contributed by atoms with E-state index in [-0.39, 0.29) is 5.69 Å². The van der Waals surface area contributed by atoms with Gasteiger partial charge in [-0.05, 0) is 24.3 Å². The number of anilines is 2. The number of nitrogens with zero attached hydrogens (tertiary/aromatic N) is 5. The molecule has 0 aromatic carbocycles. The highest BCUT2D eigenvalue weighted by Gasteiger charge is 2.12. The smallest absolute Gasteiger partial charge is 0.356 e. The summed E-state index contributed by atoms with van der Waals surface area (Å²) in [7, 11) is 4.40. The van der Waals surface area contributed by atoms with Crippen molar-refractivity contribution in [3.63, 3.8) is 0 Å². The molecule has 4 rings (SSSR count). The Morgan fingerprint density at radius 1 is 1.03 bits per heavy atom. The van der Waals surface area contributed by atoms with E-state index in [2.05, 4.69) is 25.4 Å². The van der Waals surface area contributed by atoms with Crippen LogP contribution in [0.2, 0.25) is 0 Å². The van der Waals surface area contributed by atoms with E-state index >= 15 is 0 Å². The van der Waals surface area contributed by atoms with Gasteiger partial charge < -0.3 is 19.5 Å². The lowest BCUT2D eigenvalue weighted by Crippen LogP contribution is -2.05. The highest BCUT2D eigenvalue weighted by molar-refractivity contribution is 5.87. The normalized spacial score (nSPS) is 10.6. The number of esters is 1. The Morgan fingerprint density at radius 3 is 2.67 bits per heavy atom. The molecule has 0 saturated carbocycles. The van der Waals surface area contributed by atoms with Gasteiger partial charge >= 0.3 is 5.97 Å². The lowest BCUT2D eigenvalue weighted by atomic mass is 10.2. The van der Waals surface area contributed by atoms with Crippen LogP contribution < -0.4 is 14.8 Å². The Hall–Kier alpha value is -4.21. The summed E-state index contributed by atoms with van der Waals surface area (Å²) >= 11 is 0. The van der Waals surface area contributed by atoms with Crippen molar-refractivity contribution in [1.29, 1.82) is 0 Å². The van der Waals surface area contributed by atoms with Gasteiger partial charge in [0.05, 0.1) is 27.0 Å². The molecule has 10 heteroatoms. The summed E-state index contributed by atoms with van der Waals surface area (Å²) in [5.74, 6) is 1.40. The van der Waals surface area contributed by atoms with E-state index in [4.69, 9.17) is 14.2 Å². The van der Waals surface area contributed by atoms with Crippen molar-refractivity contribution in [3.05, 3.63) is 54.5 Å². The molecule has 0 aliphatic carbocycles. The number of hydrogen-bond acceptors (Lipinski definition) is 9. The van der Waals surface area contributed by atoms with Gasteiger partial charge in [0.15, 0.2) is 22.9 Å². The van der Waals surface area contributed by atoms with Crippen LogP contribution in [0.15, 0.2) is 48.8 Å². The highest BCUT2D eigenvalue weighted by atomic mass is 16.5. The molecule has 4 aromatic rings. The number of fused-ring (bicyclic) bond motifs is 1. The standard InChI is InChI=1S/C20H18N6O4/c1-28-15-9-12(11-21-19(15)29-2)13-7-8-26-18(23-13)10-17(25-26)24-16-6-4-5-14(22-16)20(27)30-3/h4-11H,1-3H3,(H,22,24,25). The zero-order valence-corrected chi connectivity index (χ0v) is 16.5. The van der Waals surface area contributed by atoms with Crippen molar-refractivity contribution in [3.8, 4) is 22.9 Å². The van der Waals surface area contributed by atoms with Gasteiger partial charge in [0, 0.05) is 24.0 Å². The molecule has 0 amide bonds. The number of carbonyl (C=O) groups is 1. The molecule has 152 valence electrons. The Morgan fingerprint density at radius 2 is 1.90 bits per heavy atom. The Balaban J connectivity index is 1.62. The van der Waals surface area contributed by atoms with E-state index in [1.807, 2.05) is 12.1 Å². The molecule has 0 spiro atoms. The second-order valence-electron chi connectivity index (χ2n) is 6.11. The molecular weight excluding hydrogens is 388 g/mol. The van der Waals surface area contributed by atoms with Crippen molar-refractivity contribution < 1.29 is 19.0 Å². The molecule has 10 nitrogen and oxygen atoms in total. The molecule has 0 saturated heterocycles. The number of aromatic nitrogens is 5. The Bertz CT molecular complexity index is 1220. The first-order chi connectivity index (χ1) is 14.6. The maximum Gasteiger partial charge on any atom is 0.356 e. The lowest BCUT2D eigenvalue weighted by molar-refractivity contribution is 0.0594. The Labute approximate surface area is 171 Å². The monoisotopic (exact) mass is 406 g/mol. The molecule has 1 N–H and O–H groups in total. The van der Waals surface area contributed by atoms with Crippen LogP contribution in [0.25, 0.3) is 16.9 Å². The average Bonchev–Trinajstić information content (AvgIpc) is 3.19. The van der Waals surface area contributed by atoms with E-state index in [1.165, 1.54) is 14.2 Å². The first kappa shape index (κ1) is 19.1. The molecule has 4 heterocycles. The van der Waals surface area contributed by atoms with Crippen LogP contribution in [0.4, 0.5) is 11.6 Å². The van der Waals surface area contributed by atoms with E-state index in [0.29, 0.717) is 34.6 Å². The topological polar surface area (TPSA) is 113 Å². The summed E-state index contributed by atoms with van der Waals surface area (Å²) in [4.78, 5) is 24.7. The van der Waals surface area contributed by atoms with E-state index in [1.54, 1.807) is 48.3 Å². The maximum absolute atomic E-state index is 11.7. The fourth-order valence-electron chi connectivity index (χ4n) is 2.83. The summed E-state index contributed by atoms with van der Waals surface area (Å²) in [6.07, 6.45) is 3.45. The predicted molar refractivity (Wildman–Crippen MR) is 108 cm³/mol.